The molecule has 21 heavy (non-hydrogen) atoms. The minimum Gasteiger partial charge on any atom is -0.478 e. The molecule has 1 aliphatic rings. The number of carbonyl (C=O) groups is 3. The van der Waals surface area contributed by atoms with Gasteiger partial charge in [0.05, 0.1) is 16.7 Å². The summed E-state index contributed by atoms with van der Waals surface area (Å²) in [5.41, 5.74) is 0.453. The second kappa shape index (κ2) is 4.98. The highest BCUT2D eigenvalue weighted by molar-refractivity contribution is 6.21. The molecular weight excluding hydrogens is 270 g/mol. The fraction of sp³-hybridized carbons (Fsp3) is 0.438. The van der Waals surface area contributed by atoms with Gasteiger partial charge in [-0.1, -0.05) is 27.7 Å². The Kier molecular flexibility index (Phi) is 3.61. The van der Waals surface area contributed by atoms with Crippen molar-refractivity contribution in [2.45, 2.75) is 27.7 Å². The number of carboxylic acids is 1. The van der Waals surface area contributed by atoms with Gasteiger partial charge in [-0.3, -0.25) is 14.5 Å². The highest BCUT2D eigenvalue weighted by Crippen LogP contribution is 2.30. The van der Waals surface area contributed by atoms with E-state index in [9.17, 15) is 14.4 Å². The molecule has 2 rings (SSSR count). The van der Waals surface area contributed by atoms with Gasteiger partial charge in [0.1, 0.15) is 0 Å². The molecule has 0 aromatic heterocycles. The Morgan fingerprint density at radius 2 is 1.76 bits per heavy atom. The lowest BCUT2D eigenvalue weighted by atomic mass is 9.82. The van der Waals surface area contributed by atoms with Crippen LogP contribution in [0.3, 0.4) is 0 Å². The summed E-state index contributed by atoms with van der Waals surface area (Å²) in [6.45, 7) is 8.49. The van der Waals surface area contributed by atoms with Crippen molar-refractivity contribution in [3.05, 3.63) is 34.9 Å². The van der Waals surface area contributed by atoms with E-state index >= 15 is 0 Å². The molecule has 5 nitrogen and oxygen atoms in total. The van der Waals surface area contributed by atoms with Crippen LogP contribution in [0.1, 0.15) is 58.8 Å². The second-order valence-electron chi connectivity index (χ2n) is 6.55. The second-order valence-corrected chi connectivity index (χ2v) is 6.55. The minimum absolute atomic E-state index is 0.0145. The lowest BCUT2D eigenvalue weighted by Gasteiger charge is -2.30. The van der Waals surface area contributed by atoms with Crippen LogP contribution in [-0.4, -0.2) is 34.3 Å². The van der Waals surface area contributed by atoms with Crippen molar-refractivity contribution in [2.75, 3.05) is 6.54 Å². The van der Waals surface area contributed by atoms with Gasteiger partial charge in [0.2, 0.25) is 0 Å². The SMILES string of the molecule is CC(CN1C(=O)c2ccc(C(=O)O)cc2C1=O)C(C)(C)C. The average Bonchev–Trinajstić information content (AvgIpc) is 2.62. The Bertz CT molecular complexity index is 628. The van der Waals surface area contributed by atoms with E-state index in [2.05, 4.69) is 20.8 Å². The van der Waals surface area contributed by atoms with Crippen LogP contribution in [0.25, 0.3) is 0 Å². The topological polar surface area (TPSA) is 74.7 Å². The number of carboxylic acid groups (broad SMARTS) is 1. The minimum atomic E-state index is -1.11. The van der Waals surface area contributed by atoms with E-state index in [1.807, 2.05) is 6.92 Å². The van der Waals surface area contributed by atoms with Gasteiger partial charge < -0.3 is 5.11 Å². The number of amides is 2. The van der Waals surface area contributed by atoms with Crippen LogP contribution < -0.4 is 0 Å². The Balaban J connectivity index is 2.32. The summed E-state index contributed by atoms with van der Waals surface area (Å²) in [6.07, 6.45) is 0. The molecule has 0 radical (unpaired) electrons. The zero-order chi connectivity index (χ0) is 15.9. The standard InChI is InChI=1S/C16H19NO4/c1-9(16(2,3)4)8-17-13(18)11-6-5-10(15(20)21)7-12(11)14(17)19/h5-7,9H,8H2,1-4H3,(H,20,21). The maximum Gasteiger partial charge on any atom is 0.335 e. The largest absolute Gasteiger partial charge is 0.478 e. The van der Waals surface area contributed by atoms with Crippen molar-refractivity contribution >= 4 is 17.8 Å². The van der Waals surface area contributed by atoms with Crippen molar-refractivity contribution in [1.82, 2.24) is 4.90 Å². The first kappa shape index (κ1) is 15.2. The Labute approximate surface area is 123 Å². The maximum absolute atomic E-state index is 12.4. The quantitative estimate of drug-likeness (QED) is 0.868. The van der Waals surface area contributed by atoms with Crippen molar-refractivity contribution < 1.29 is 19.5 Å². The Morgan fingerprint density at radius 1 is 1.19 bits per heavy atom. The van der Waals surface area contributed by atoms with E-state index in [0.717, 1.165) is 0 Å². The first-order chi connectivity index (χ1) is 9.62. The van der Waals surface area contributed by atoms with E-state index in [1.165, 1.54) is 23.1 Å². The lowest BCUT2D eigenvalue weighted by molar-refractivity contribution is 0.0594. The van der Waals surface area contributed by atoms with Gasteiger partial charge in [0.25, 0.3) is 11.8 Å². The van der Waals surface area contributed by atoms with Crippen molar-refractivity contribution in [3.63, 3.8) is 0 Å². The highest BCUT2D eigenvalue weighted by Gasteiger charge is 2.38. The summed E-state index contributed by atoms with van der Waals surface area (Å²) >= 11 is 0. The van der Waals surface area contributed by atoms with Crippen LogP contribution in [0.4, 0.5) is 0 Å². The van der Waals surface area contributed by atoms with Crippen molar-refractivity contribution in [2.24, 2.45) is 11.3 Å². The third-order valence-electron chi connectivity index (χ3n) is 4.15. The number of nitrogens with zero attached hydrogens (tertiary/aromatic N) is 1. The van der Waals surface area contributed by atoms with E-state index in [4.69, 9.17) is 5.11 Å². The fourth-order valence-electron chi connectivity index (χ4n) is 2.14. The molecular formula is C16H19NO4. The van der Waals surface area contributed by atoms with Crippen LogP contribution in [-0.2, 0) is 0 Å². The molecule has 1 aliphatic heterocycles. The zero-order valence-corrected chi connectivity index (χ0v) is 12.6. The number of benzene rings is 1. The average molecular weight is 289 g/mol. The van der Waals surface area contributed by atoms with Crippen LogP contribution in [0.15, 0.2) is 18.2 Å². The van der Waals surface area contributed by atoms with Crippen LogP contribution in [0, 0.1) is 11.3 Å². The van der Waals surface area contributed by atoms with Gasteiger partial charge >= 0.3 is 5.97 Å². The Morgan fingerprint density at radius 3 is 2.29 bits per heavy atom. The van der Waals surface area contributed by atoms with Crippen molar-refractivity contribution in [3.8, 4) is 0 Å². The fourth-order valence-corrected chi connectivity index (χ4v) is 2.14. The number of rotatable bonds is 3. The summed E-state index contributed by atoms with van der Waals surface area (Å²) in [5.74, 6) is -1.73. The van der Waals surface area contributed by atoms with E-state index in [1.54, 1.807) is 0 Å². The first-order valence-corrected chi connectivity index (χ1v) is 6.86. The number of fused-ring (bicyclic) bond motifs is 1. The van der Waals surface area contributed by atoms with Gasteiger partial charge in [-0.15, -0.1) is 0 Å². The van der Waals surface area contributed by atoms with E-state index < -0.39 is 11.9 Å². The summed E-state index contributed by atoms with van der Waals surface area (Å²) in [6, 6.07) is 4.05. The summed E-state index contributed by atoms with van der Waals surface area (Å²) in [7, 11) is 0. The molecule has 0 aliphatic carbocycles. The number of aromatic carboxylic acids is 1. The monoisotopic (exact) mass is 289 g/mol. The number of carbonyl (C=O) groups excluding carboxylic acids is 2. The van der Waals surface area contributed by atoms with Gasteiger partial charge in [0, 0.05) is 6.54 Å². The molecule has 1 N–H and O–H groups in total. The first-order valence-electron chi connectivity index (χ1n) is 6.86. The molecule has 112 valence electrons. The summed E-state index contributed by atoms with van der Waals surface area (Å²) in [4.78, 5) is 36.8. The normalized spacial score (nSPS) is 16.1. The highest BCUT2D eigenvalue weighted by atomic mass is 16.4. The molecule has 1 atom stereocenters. The van der Waals surface area contributed by atoms with Crippen LogP contribution in [0.2, 0.25) is 0 Å². The number of hydrogen-bond donors (Lipinski definition) is 1. The third kappa shape index (κ3) is 2.68. The van der Waals surface area contributed by atoms with Gasteiger partial charge in [0.15, 0.2) is 0 Å². The molecule has 0 saturated heterocycles. The molecule has 5 heteroatoms. The smallest absolute Gasteiger partial charge is 0.335 e. The van der Waals surface area contributed by atoms with Crippen LogP contribution >= 0.6 is 0 Å². The molecule has 1 aromatic carbocycles. The Hall–Kier alpha value is -2.17. The summed E-state index contributed by atoms with van der Waals surface area (Å²) < 4.78 is 0. The van der Waals surface area contributed by atoms with Crippen molar-refractivity contribution in [1.29, 1.82) is 0 Å². The van der Waals surface area contributed by atoms with Crippen LogP contribution in [0.5, 0.6) is 0 Å². The molecule has 1 unspecified atom stereocenters. The molecule has 0 fully saturated rings. The lowest BCUT2D eigenvalue weighted by Crippen LogP contribution is -2.37. The predicted molar refractivity (Wildman–Crippen MR) is 77.4 cm³/mol. The predicted octanol–water partition coefficient (Wildman–Crippen LogP) is 2.66. The number of hydrogen-bond acceptors (Lipinski definition) is 3. The van der Waals surface area contributed by atoms with E-state index in [-0.39, 0.29) is 33.9 Å². The maximum atomic E-state index is 12.4. The number of imide groups is 1. The molecule has 1 heterocycles. The van der Waals surface area contributed by atoms with Gasteiger partial charge in [-0.2, -0.15) is 0 Å². The third-order valence-corrected chi connectivity index (χ3v) is 4.15. The molecule has 1 aromatic rings. The molecule has 2 amide bonds. The van der Waals surface area contributed by atoms with E-state index in [0.29, 0.717) is 6.54 Å². The zero-order valence-electron chi connectivity index (χ0n) is 12.6. The summed E-state index contributed by atoms with van der Waals surface area (Å²) in [5, 5.41) is 8.98. The van der Waals surface area contributed by atoms with Gasteiger partial charge in [-0.25, -0.2) is 4.79 Å². The van der Waals surface area contributed by atoms with Gasteiger partial charge in [-0.05, 0) is 29.5 Å². The molecule has 0 spiro atoms. The molecule has 0 bridgehead atoms. The molecule has 0 saturated carbocycles.